The van der Waals surface area contributed by atoms with Gasteiger partial charge < -0.3 is 10.1 Å². The van der Waals surface area contributed by atoms with E-state index < -0.39 is 11.8 Å². The number of nitrogens with one attached hydrogen (secondary N) is 2. The van der Waals surface area contributed by atoms with E-state index in [0.29, 0.717) is 18.0 Å². The van der Waals surface area contributed by atoms with Gasteiger partial charge in [-0.3, -0.25) is 9.59 Å². The minimum atomic E-state index is -0.858. The third-order valence-electron chi connectivity index (χ3n) is 2.89. The summed E-state index contributed by atoms with van der Waals surface area (Å²) in [5, 5.41) is 6.27. The summed E-state index contributed by atoms with van der Waals surface area (Å²) in [6, 6.07) is 14.4. The van der Waals surface area contributed by atoms with E-state index in [1.807, 2.05) is 31.2 Å². The van der Waals surface area contributed by atoms with Gasteiger partial charge in [0.25, 0.3) is 0 Å². The number of para-hydroxylation sites is 2. The van der Waals surface area contributed by atoms with Gasteiger partial charge in [0.15, 0.2) is 0 Å². The maximum atomic E-state index is 11.9. The topological polar surface area (TPSA) is 79.8 Å². The summed E-state index contributed by atoms with van der Waals surface area (Å²) in [6.45, 7) is 2.30. The van der Waals surface area contributed by atoms with E-state index in [4.69, 9.17) is 4.74 Å². The first-order valence-electron chi connectivity index (χ1n) is 7.22. The Labute approximate surface area is 153 Å². The zero-order chi connectivity index (χ0) is 17.4. The normalized spacial score (nSPS) is 10.4. The molecule has 124 valence electrons. The molecule has 0 bridgehead atoms. The first-order valence-corrected chi connectivity index (χ1v) is 8.30. The fourth-order valence-electron chi connectivity index (χ4n) is 1.80. The standard InChI is InChI=1S/C17H16IN3O3/c1-2-24-15-6-4-3-5-14(15)20-16(22)17(23)21-19-11-12-7-9-13(18)10-8-12/h3-11H,2H2,1H3,(H,20,22)(H,21,23)/b19-11-. The van der Waals surface area contributed by atoms with E-state index >= 15 is 0 Å². The van der Waals surface area contributed by atoms with Gasteiger partial charge in [-0.05, 0) is 59.3 Å². The van der Waals surface area contributed by atoms with Crippen LogP contribution < -0.4 is 15.5 Å². The van der Waals surface area contributed by atoms with E-state index in [1.165, 1.54) is 6.21 Å². The molecule has 0 heterocycles. The van der Waals surface area contributed by atoms with Gasteiger partial charge in [-0.15, -0.1) is 0 Å². The van der Waals surface area contributed by atoms with E-state index in [-0.39, 0.29) is 0 Å². The Kier molecular flexibility index (Phi) is 6.74. The van der Waals surface area contributed by atoms with Crippen LogP contribution in [0.5, 0.6) is 5.75 Å². The summed E-state index contributed by atoms with van der Waals surface area (Å²) in [5.74, 6) is -1.17. The molecule has 0 aromatic heterocycles. The summed E-state index contributed by atoms with van der Waals surface area (Å²) in [5.41, 5.74) is 3.44. The molecule has 0 aliphatic heterocycles. The number of nitrogens with zero attached hydrogens (tertiary/aromatic N) is 1. The van der Waals surface area contributed by atoms with Gasteiger partial charge in [0.05, 0.1) is 18.5 Å². The molecule has 2 N–H and O–H groups in total. The van der Waals surface area contributed by atoms with Crippen molar-refractivity contribution in [1.82, 2.24) is 5.43 Å². The first kappa shape index (κ1) is 17.9. The van der Waals surface area contributed by atoms with Crippen LogP contribution in [-0.2, 0) is 9.59 Å². The van der Waals surface area contributed by atoms with Gasteiger partial charge in [0.2, 0.25) is 0 Å². The number of carbonyl (C=O) groups is 2. The summed E-state index contributed by atoms with van der Waals surface area (Å²) in [4.78, 5) is 23.7. The lowest BCUT2D eigenvalue weighted by molar-refractivity contribution is -0.136. The summed E-state index contributed by atoms with van der Waals surface area (Å²) in [6.07, 6.45) is 1.47. The van der Waals surface area contributed by atoms with Crippen molar-refractivity contribution in [2.75, 3.05) is 11.9 Å². The highest BCUT2D eigenvalue weighted by atomic mass is 127. The molecular weight excluding hydrogens is 421 g/mol. The largest absolute Gasteiger partial charge is 0.492 e. The minimum absolute atomic E-state index is 0.432. The molecule has 0 unspecified atom stereocenters. The number of hydrazone groups is 1. The van der Waals surface area contributed by atoms with E-state index in [9.17, 15) is 9.59 Å². The summed E-state index contributed by atoms with van der Waals surface area (Å²) in [7, 11) is 0. The molecule has 0 atom stereocenters. The van der Waals surface area contributed by atoms with Gasteiger partial charge in [-0.1, -0.05) is 24.3 Å². The second-order valence-electron chi connectivity index (χ2n) is 4.63. The molecule has 24 heavy (non-hydrogen) atoms. The highest BCUT2D eigenvalue weighted by Gasteiger charge is 2.14. The third kappa shape index (κ3) is 5.34. The summed E-state index contributed by atoms with van der Waals surface area (Å²) < 4.78 is 6.49. The van der Waals surface area contributed by atoms with Crippen molar-refractivity contribution < 1.29 is 14.3 Å². The Morgan fingerprint density at radius 3 is 2.54 bits per heavy atom. The van der Waals surface area contributed by atoms with Crippen LogP contribution in [-0.4, -0.2) is 24.6 Å². The van der Waals surface area contributed by atoms with E-state index in [1.54, 1.807) is 24.3 Å². The van der Waals surface area contributed by atoms with Crippen LogP contribution in [0.2, 0.25) is 0 Å². The Bertz CT molecular complexity index is 745. The summed E-state index contributed by atoms with van der Waals surface area (Å²) >= 11 is 2.19. The maximum Gasteiger partial charge on any atom is 0.329 e. The van der Waals surface area contributed by atoms with Crippen molar-refractivity contribution in [3.8, 4) is 5.75 Å². The highest BCUT2D eigenvalue weighted by molar-refractivity contribution is 14.1. The number of amides is 2. The molecule has 0 radical (unpaired) electrons. The fourth-order valence-corrected chi connectivity index (χ4v) is 2.15. The molecule has 0 aliphatic rings. The van der Waals surface area contributed by atoms with Gasteiger partial charge >= 0.3 is 11.8 Å². The predicted octanol–water partition coefficient (Wildman–Crippen LogP) is 2.78. The van der Waals surface area contributed by atoms with Crippen LogP contribution in [0.15, 0.2) is 53.6 Å². The number of carbonyl (C=O) groups excluding carboxylic acids is 2. The predicted molar refractivity (Wildman–Crippen MR) is 101 cm³/mol. The Morgan fingerprint density at radius 2 is 1.83 bits per heavy atom. The maximum absolute atomic E-state index is 11.9. The molecule has 0 aliphatic carbocycles. The number of rotatable bonds is 5. The molecular formula is C17H16IN3O3. The lowest BCUT2D eigenvalue weighted by Gasteiger charge is -2.10. The van der Waals surface area contributed by atoms with Crippen LogP contribution in [0.4, 0.5) is 5.69 Å². The van der Waals surface area contributed by atoms with Crippen molar-refractivity contribution in [1.29, 1.82) is 0 Å². The van der Waals surface area contributed by atoms with Crippen molar-refractivity contribution in [3.05, 3.63) is 57.7 Å². The Morgan fingerprint density at radius 1 is 1.12 bits per heavy atom. The second-order valence-corrected chi connectivity index (χ2v) is 5.88. The van der Waals surface area contributed by atoms with Gasteiger partial charge in [0, 0.05) is 3.57 Å². The van der Waals surface area contributed by atoms with E-state index in [2.05, 4.69) is 38.4 Å². The second kappa shape index (κ2) is 9.02. The minimum Gasteiger partial charge on any atom is -0.492 e. The van der Waals surface area contributed by atoms with Crippen LogP contribution in [0.3, 0.4) is 0 Å². The number of benzene rings is 2. The number of ether oxygens (including phenoxy) is 1. The molecule has 2 rings (SSSR count). The number of anilines is 1. The van der Waals surface area contributed by atoms with Crippen molar-refractivity contribution in [2.45, 2.75) is 6.92 Å². The number of halogens is 1. The molecule has 0 saturated carbocycles. The van der Waals surface area contributed by atoms with Crippen molar-refractivity contribution in [2.24, 2.45) is 5.10 Å². The van der Waals surface area contributed by atoms with Crippen molar-refractivity contribution >= 4 is 46.3 Å². The first-order chi connectivity index (χ1) is 11.6. The van der Waals surface area contributed by atoms with Crippen LogP contribution in [0, 0.1) is 3.57 Å². The average Bonchev–Trinajstić information content (AvgIpc) is 2.58. The monoisotopic (exact) mass is 437 g/mol. The lowest BCUT2D eigenvalue weighted by Crippen LogP contribution is -2.32. The average molecular weight is 437 g/mol. The molecule has 0 saturated heterocycles. The van der Waals surface area contributed by atoms with Gasteiger partial charge in [-0.2, -0.15) is 5.10 Å². The molecule has 2 amide bonds. The molecule has 0 fully saturated rings. The van der Waals surface area contributed by atoms with Gasteiger partial charge in [0.1, 0.15) is 5.75 Å². The highest BCUT2D eigenvalue weighted by Crippen LogP contribution is 2.23. The van der Waals surface area contributed by atoms with E-state index in [0.717, 1.165) is 9.13 Å². The van der Waals surface area contributed by atoms with Gasteiger partial charge in [-0.25, -0.2) is 5.43 Å². The number of hydrogen-bond acceptors (Lipinski definition) is 4. The molecule has 2 aromatic rings. The zero-order valence-corrected chi connectivity index (χ0v) is 15.1. The smallest absolute Gasteiger partial charge is 0.329 e. The SMILES string of the molecule is CCOc1ccccc1NC(=O)C(=O)N/N=C\c1ccc(I)cc1. The lowest BCUT2D eigenvalue weighted by atomic mass is 10.2. The third-order valence-corrected chi connectivity index (χ3v) is 3.61. The quantitative estimate of drug-likeness (QED) is 0.327. The Balaban J connectivity index is 1.93. The molecule has 6 nitrogen and oxygen atoms in total. The molecule has 0 spiro atoms. The molecule has 2 aromatic carbocycles. The Hall–Kier alpha value is -2.42. The van der Waals surface area contributed by atoms with Crippen LogP contribution >= 0.6 is 22.6 Å². The fraction of sp³-hybridized carbons (Fsp3) is 0.118. The zero-order valence-electron chi connectivity index (χ0n) is 13.0. The van der Waals surface area contributed by atoms with Crippen molar-refractivity contribution in [3.63, 3.8) is 0 Å². The van der Waals surface area contributed by atoms with Crippen LogP contribution in [0.1, 0.15) is 12.5 Å². The number of hydrogen-bond donors (Lipinski definition) is 2. The van der Waals surface area contributed by atoms with Crippen LogP contribution in [0.25, 0.3) is 0 Å². The molecule has 7 heteroatoms.